The zero-order chi connectivity index (χ0) is 10.8. The van der Waals surface area contributed by atoms with E-state index in [-0.39, 0.29) is 5.28 Å². The first kappa shape index (κ1) is 11.0. The highest BCUT2D eigenvalue weighted by molar-refractivity contribution is 6.28. The van der Waals surface area contributed by atoms with Gasteiger partial charge in [-0.1, -0.05) is 5.92 Å². The van der Waals surface area contributed by atoms with Crippen molar-refractivity contribution in [2.45, 2.75) is 26.3 Å². The Hall–Kier alpha value is -1.11. The topological polar surface area (TPSA) is 51.8 Å². The van der Waals surface area contributed by atoms with Crippen molar-refractivity contribution >= 4 is 11.6 Å². The molecule has 1 aromatic heterocycles. The van der Waals surface area contributed by atoms with Gasteiger partial charge in [-0.25, -0.2) is 9.97 Å². The number of nitrogens with two attached hydrogens (primary N) is 1. The molecule has 0 atom stereocenters. The summed E-state index contributed by atoms with van der Waals surface area (Å²) in [5, 5.41) is 0.212. The van der Waals surface area contributed by atoms with Gasteiger partial charge in [0.1, 0.15) is 5.69 Å². The molecule has 0 aliphatic carbocycles. The SMILES string of the molecule is Cc1cc(C#CC(C)(C)N)nc(Cl)n1. The molecule has 0 fully saturated rings. The normalized spacial score (nSPS) is 10.6. The van der Waals surface area contributed by atoms with Gasteiger partial charge in [-0.3, -0.25) is 0 Å². The van der Waals surface area contributed by atoms with Crippen molar-refractivity contribution in [3.05, 3.63) is 22.7 Å². The van der Waals surface area contributed by atoms with E-state index in [1.807, 2.05) is 20.8 Å². The van der Waals surface area contributed by atoms with Gasteiger partial charge in [-0.05, 0) is 44.4 Å². The van der Waals surface area contributed by atoms with Crippen LogP contribution in [0.15, 0.2) is 6.07 Å². The number of hydrogen-bond donors (Lipinski definition) is 1. The lowest BCUT2D eigenvalue weighted by Gasteiger charge is -2.07. The number of aromatic nitrogens is 2. The molecule has 74 valence electrons. The van der Waals surface area contributed by atoms with E-state index in [9.17, 15) is 0 Å². The number of rotatable bonds is 0. The minimum Gasteiger partial charge on any atom is -0.316 e. The van der Waals surface area contributed by atoms with Crippen LogP contribution in [0.3, 0.4) is 0 Å². The Morgan fingerprint density at radius 3 is 2.57 bits per heavy atom. The molecule has 0 radical (unpaired) electrons. The zero-order valence-electron chi connectivity index (χ0n) is 8.43. The van der Waals surface area contributed by atoms with E-state index in [1.165, 1.54) is 0 Å². The first-order valence-electron chi connectivity index (χ1n) is 4.20. The van der Waals surface area contributed by atoms with Gasteiger partial charge in [0, 0.05) is 5.69 Å². The average molecular weight is 210 g/mol. The Bertz CT molecular complexity index is 376. The maximum atomic E-state index is 5.71. The van der Waals surface area contributed by atoms with E-state index in [0.29, 0.717) is 5.69 Å². The van der Waals surface area contributed by atoms with Gasteiger partial charge in [0.25, 0.3) is 0 Å². The second kappa shape index (κ2) is 3.95. The Kier molecular flexibility index (Phi) is 3.10. The summed E-state index contributed by atoms with van der Waals surface area (Å²) >= 11 is 5.68. The molecular weight excluding hydrogens is 198 g/mol. The van der Waals surface area contributed by atoms with Crippen molar-refractivity contribution in [3.63, 3.8) is 0 Å². The van der Waals surface area contributed by atoms with Crippen molar-refractivity contribution in [1.82, 2.24) is 9.97 Å². The van der Waals surface area contributed by atoms with Gasteiger partial charge < -0.3 is 5.73 Å². The van der Waals surface area contributed by atoms with Crippen molar-refractivity contribution in [1.29, 1.82) is 0 Å². The monoisotopic (exact) mass is 209 g/mol. The molecule has 0 unspecified atom stereocenters. The maximum absolute atomic E-state index is 5.71. The molecular formula is C10H12ClN3. The lowest BCUT2D eigenvalue weighted by atomic mass is 10.1. The van der Waals surface area contributed by atoms with Gasteiger partial charge in [0.2, 0.25) is 5.28 Å². The third-order valence-electron chi connectivity index (χ3n) is 1.34. The summed E-state index contributed by atoms with van der Waals surface area (Å²) in [6.07, 6.45) is 0. The van der Waals surface area contributed by atoms with Crippen molar-refractivity contribution in [2.75, 3.05) is 0 Å². The highest BCUT2D eigenvalue weighted by Crippen LogP contribution is 2.04. The van der Waals surface area contributed by atoms with Gasteiger partial charge in [-0.15, -0.1) is 0 Å². The average Bonchev–Trinajstić information content (AvgIpc) is 1.97. The molecule has 0 saturated heterocycles. The standard InChI is InChI=1S/C10H12ClN3/c1-7-6-8(14-9(11)13-7)4-5-10(2,3)12/h6H,12H2,1-3H3. The smallest absolute Gasteiger partial charge is 0.223 e. The minimum absolute atomic E-state index is 0.212. The summed E-state index contributed by atoms with van der Waals surface area (Å²) in [7, 11) is 0. The van der Waals surface area contributed by atoms with Crippen LogP contribution in [0.2, 0.25) is 5.28 Å². The molecule has 2 N–H and O–H groups in total. The molecule has 14 heavy (non-hydrogen) atoms. The minimum atomic E-state index is -0.522. The fraction of sp³-hybridized carbons (Fsp3) is 0.400. The second-order valence-corrected chi connectivity index (χ2v) is 3.97. The van der Waals surface area contributed by atoms with Crippen molar-refractivity contribution in [3.8, 4) is 11.8 Å². The first-order chi connectivity index (χ1) is 6.37. The van der Waals surface area contributed by atoms with Gasteiger partial charge in [0.15, 0.2) is 0 Å². The number of hydrogen-bond acceptors (Lipinski definition) is 3. The Balaban J connectivity index is 3.02. The zero-order valence-corrected chi connectivity index (χ0v) is 9.18. The van der Waals surface area contributed by atoms with Gasteiger partial charge in [-0.2, -0.15) is 0 Å². The Morgan fingerprint density at radius 2 is 2.07 bits per heavy atom. The third kappa shape index (κ3) is 3.73. The number of aryl methyl sites for hydroxylation is 1. The molecule has 1 heterocycles. The quantitative estimate of drug-likeness (QED) is 0.521. The van der Waals surface area contributed by atoms with Crippen LogP contribution in [-0.4, -0.2) is 15.5 Å². The highest BCUT2D eigenvalue weighted by Gasteiger charge is 2.04. The third-order valence-corrected chi connectivity index (χ3v) is 1.51. The van der Waals surface area contributed by atoms with Crippen molar-refractivity contribution < 1.29 is 0 Å². The molecule has 4 heteroatoms. The predicted octanol–water partition coefficient (Wildman–Crippen LogP) is 1.53. The molecule has 0 aromatic carbocycles. The maximum Gasteiger partial charge on any atom is 0.223 e. The first-order valence-corrected chi connectivity index (χ1v) is 4.58. The van der Waals surface area contributed by atoms with Gasteiger partial charge >= 0.3 is 0 Å². The largest absolute Gasteiger partial charge is 0.316 e. The van der Waals surface area contributed by atoms with E-state index in [1.54, 1.807) is 6.07 Å². The van der Waals surface area contributed by atoms with E-state index in [4.69, 9.17) is 17.3 Å². The van der Waals surface area contributed by atoms with E-state index < -0.39 is 5.54 Å². The van der Waals surface area contributed by atoms with Gasteiger partial charge in [0.05, 0.1) is 5.54 Å². The van der Waals surface area contributed by atoms with E-state index >= 15 is 0 Å². The molecule has 1 aromatic rings. The fourth-order valence-electron chi connectivity index (χ4n) is 0.821. The summed E-state index contributed by atoms with van der Waals surface area (Å²) < 4.78 is 0. The molecule has 0 bridgehead atoms. The molecule has 0 aliphatic rings. The summed E-state index contributed by atoms with van der Waals surface area (Å²) in [6, 6.07) is 1.77. The van der Waals surface area contributed by atoms with Crippen LogP contribution in [0, 0.1) is 18.8 Å². The number of halogens is 1. The second-order valence-electron chi connectivity index (χ2n) is 3.64. The lowest BCUT2D eigenvalue weighted by molar-refractivity contribution is 0.680. The number of nitrogens with zero attached hydrogens (tertiary/aromatic N) is 2. The summed E-state index contributed by atoms with van der Waals surface area (Å²) in [5.74, 6) is 5.73. The van der Waals surface area contributed by atoms with E-state index in [0.717, 1.165) is 5.69 Å². The van der Waals surface area contributed by atoms with Crippen LogP contribution in [0.25, 0.3) is 0 Å². The summed E-state index contributed by atoms with van der Waals surface area (Å²) in [6.45, 7) is 5.50. The highest BCUT2D eigenvalue weighted by atomic mass is 35.5. The van der Waals surface area contributed by atoms with Crippen LogP contribution >= 0.6 is 11.6 Å². The molecule has 0 aliphatic heterocycles. The van der Waals surface area contributed by atoms with Crippen LogP contribution < -0.4 is 5.73 Å². The summed E-state index contributed by atoms with van der Waals surface area (Å²) in [5.41, 5.74) is 6.58. The Labute approximate surface area is 88.7 Å². The molecule has 0 spiro atoms. The lowest BCUT2D eigenvalue weighted by Crippen LogP contribution is -2.29. The van der Waals surface area contributed by atoms with Crippen LogP contribution in [-0.2, 0) is 0 Å². The fourth-order valence-corrected chi connectivity index (χ4v) is 1.05. The molecule has 0 saturated carbocycles. The van der Waals surface area contributed by atoms with E-state index in [2.05, 4.69) is 21.8 Å². The van der Waals surface area contributed by atoms with Crippen molar-refractivity contribution in [2.24, 2.45) is 5.73 Å². The molecule has 1 rings (SSSR count). The molecule has 3 nitrogen and oxygen atoms in total. The Morgan fingerprint density at radius 1 is 1.43 bits per heavy atom. The predicted molar refractivity (Wildman–Crippen MR) is 56.9 cm³/mol. The van der Waals surface area contributed by atoms with Crippen LogP contribution in [0.5, 0.6) is 0 Å². The van der Waals surface area contributed by atoms with Crippen LogP contribution in [0.4, 0.5) is 0 Å². The molecule has 0 amide bonds. The summed E-state index contributed by atoms with van der Waals surface area (Å²) in [4.78, 5) is 7.90. The van der Waals surface area contributed by atoms with Crippen LogP contribution in [0.1, 0.15) is 25.2 Å².